The van der Waals surface area contributed by atoms with Crippen molar-refractivity contribution in [2.75, 3.05) is 6.79 Å². The second-order valence-electron chi connectivity index (χ2n) is 6.54. The van der Waals surface area contributed by atoms with Crippen molar-refractivity contribution in [2.24, 2.45) is 0 Å². The molecule has 0 fully saturated rings. The highest BCUT2D eigenvalue weighted by Crippen LogP contribution is 2.36. The third-order valence-corrected chi connectivity index (χ3v) is 4.84. The van der Waals surface area contributed by atoms with Crippen molar-refractivity contribution in [2.45, 2.75) is 19.9 Å². The number of nitrogens with zero attached hydrogens (tertiary/aromatic N) is 4. The summed E-state index contributed by atoms with van der Waals surface area (Å²) in [6, 6.07) is 8.72. The molecule has 0 atom stereocenters. The van der Waals surface area contributed by atoms with Crippen LogP contribution >= 0.6 is 0 Å². The summed E-state index contributed by atoms with van der Waals surface area (Å²) in [6.07, 6.45) is 0.749. The van der Waals surface area contributed by atoms with Crippen LogP contribution in [0.5, 0.6) is 23.3 Å². The van der Waals surface area contributed by atoms with Gasteiger partial charge in [0, 0.05) is 11.5 Å². The molecule has 0 bridgehead atoms. The van der Waals surface area contributed by atoms with Crippen molar-refractivity contribution in [1.82, 2.24) is 25.0 Å². The molecule has 142 valence electrons. The number of fused-ring (bicyclic) bond motifs is 2. The van der Waals surface area contributed by atoms with Crippen molar-refractivity contribution in [3.05, 3.63) is 41.6 Å². The van der Waals surface area contributed by atoms with Gasteiger partial charge in [0.2, 0.25) is 6.79 Å². The summed E-state index contributed by atoms with van der Waals surface area (Å²) < 4.78 is 12.3. The highest BCUT2D eigenvalue weighted by atomic mass is 16.7. The Morgan fingerprint density at radius 2 is 1.96 bits per heavy atom. The molecule has 3 heterocycles. The second-order valence-corrected chi connectivity index (χ2v) is 6.54. The molecule has 0 unspecified atom stereocenters. The van der Waals surface area contributed by atoms with Crippen LogP contribution in [0.2, 0.25) is 0 Å². The van der Waals surface area contributed by atoms with Crippen LogP contribution in [0.25, 0.3) is 22.3 Å². The zero-order chi connectivity index (χ0) is 19.3. The molecule has 9 nitrogen and oxygen atoms in total. The number of phenolic OH excluding ortho intramolecular Hbond substituents is 1. The van der Waals surface area contributed by atoms with Crippen LogP contribution in [0.15, 0.2) is 30.3 Å². The van der Waals surface area contributed by atoms with Crippen molar-refractivity contribution < 1.29 is 19.7 Å². The fraction of sp³-hybridized carbons (Fsp3) is 0.211. The summed E-state index contributed by atoms with van der Waals surface area (Å²) in [4.78, 5) is 0. The standard InChI is InChI=1S/C19H17N5O4/c1-2-13-11-6-12(15(25)7-14(11)21-20-13)18-22-23-19(26)24(18)8-10-3-4-16-17(5-10)28-9-27-16/h3-7,25H,2,8-9H2,1H3,(H,20,21)(H,23,26). The molecule has 3 N–H and O–H groups in total. The molecule has 0 saturated carbocycles. The van der Waals surface area contributed by atoms with Gasteiger partial charge in [-0.25, -0.2) is 0 Å². The van der Waals surface area contributed by atoms with Gasteiger partial charge in [-0.15, -0.1) is 5.10 Å². The molecule has 0 aliphatic carbocycles. The Bertz CT molecular complexity index is 1200. The minimum atomic E-state index is -0.241. The number of aromatic hydroxyl groups is 2. The zero-order valence-corrected chi connectivity index (χ0v) is 15.0. The number of aromatic amines is 1. The number of hydrogen-bond donors (Lipinski definition) is 3. The average Bonchev–Trinajstić information content (AvgIpc) is 3.40. The van der Waals surface area contributed by atoms with E-state index in [0.29, 0.717) is 29.4 Å². The molecule has 2 aromatic carbocycles. The van der Waals surface area contributed by atoms with Gasteiger partial charge in [-0.2, -0.15) is 5.10 Å². The summed E-state index contributed by atoms with van der Waals surface area (Å²) in [6.45, 7) is 2.50. The van der Waals surface area contributed by atoms with Gasteiger partial charge in [-0.05, 0) is 30.2 Å². The number of ether oxygens (including phenoxy) is 2. The third kappa shape index (κ3) is 2.51. The first-order chi connectivity index (χ1) is 13.6. The lowest BCUT2D eigenvalue weighted by Gasteiger charge is -2.10. The lowest BCUT2D eigenvalue weighted by atomic mass is 10.1. The first-order valence-electron chi connectivity index (χ1n) is 8.85. The largest absolute Gasteiger partial charge is 0.507 e. The van der Waals surface area contributed by atoms with Crippen molar-refractivity contribution in [1.29, 1.82) is 0 Å². The van der Waals surface area contributed by atoms with E-state index in [1.54, 1.807) is 6.07 Å². The van der Waals surface area contributed by atoms with Gasteiger partial charge < -0.3 is 19.7 Å². The molecule has 9 heteroatoms. The van der Waals surface area contributed by atoms with Crippen LogP contribution in [0.4, 0.5) is 0 Å². The molecule has 0 amide bonds. The Morgan fingerprint density at radius 3 is 2.82 bits per heavy atom. The number of H-pyrrole nitrogens is 1. The number of nitrogens with one attached hydrogen (secondary N) is 1. The average molecular weight is 379 g/mol. The Morgan fingerprint density at radius 1 is 1.11 bits per heavy atom. The van der Waals surface area contributed by atoms with E-state index in [1.807, 2.05) is 31.2 Å². The first kappa shape index (κ1) is 16.4. The summed E-state index contributed by atoms with van der Waals surface area (Å²) in [7, 11) is 0. The number of aromatic nitrogens is 5. The highest BCUT2D eigenvalue weighted by Gasteiger charge is 2.20. The fourth-order valence-electron chi connectivity index (χ4n) is 3.42. The summed E-state index contributed by atoms with van der Waals surface area (Å²) in [5.41, 5.74) is 2.97. The van der Waals surface area contributed by atoms with Crippen LogP contribution in [0.3, 0.4) is 0 Å². The van der Waals surface area contributed by atoms with E-state index in [0.717, 1.165) is 28.6 Å². The molecule has 28 heavy (non-hydrogen) atoms. The monoisotopic (exact) mass is 379 g/mol. The molecule has 2 aromatic heterocycles. The number of hydrogen-bond acceptors (Lipinski definition) is 7. The predicted molar refractivity (Wildman–Crippen MR) is 99.5 cm³/mol. The van der Waals surface area contributed by atoms with E-state index in [4.69, 9.17) is 9.47 Å². The van der Waals surface area contributed by atoms with Crippen molar-refractivity contribution >= 4 is 10.9 Å². The summed E-state index contributed by atoms with van der Waals surface area (Å²) in [5, 5.41) is 36.7. The highest BCUT2D eigenvalue weighted by molar-refractivity contribution is 5.88. The van der Waals surface area contributed by atoms with Gasteiger partial charge in [0.25, 0.3) is 0 Å². The maximum absolute atomic E-state index is 10.5. The maximum Gasteiger partial charge on any atom is 0.315 e. The molecule has 0 spiro atoms. The molecular formula is C19H17N5O4. The van der Waals surface area contributed by atoms with Crippen LogP contribution in [-0.2, 0) is 13.0 Å². The lowest BCUT2D eigenvalue weighted by Crippen LogP contribution is -2.02. The predicted octanol–water partition coefficient (Wildman–Crippen LogP) is 2.57. The van der Waals surface area contributed by atoms with Gasteiger partial charge in [-0.1, -0.05) is 18.1 Å². The van der Waals surface area contributed by atoms with E-state index >= 15 is 0 Å². The van der Waals surface area contributed by atoms with Gasteiger partial charge in [0.1, 0.15) is 5.75 Å². The first-order valence-corrected chi connectivity index (χ1v) is 8.85. The van der Waals surface area contributed by atoms with Crippen molar-refractivity contribution in [3.63, 3.8) is 0 Å². The van der Waals surface area contributed by atoms with Gasteiger partial charge in [-0.3, -0.25) is 9.67 Å². The Kier molecular flexibility index (Phi) is 3.61. The maximum atomic E-state index is 10.5. The van der Waals surface area contributed by atoms with E-state index in [-0.39, 0.29) is 18.6 Å². The van der Waals surface area contributed by atoms with Gasteiger partial charge in [0.05, 0.1) is 23.3 Å². The van der Waals surface area contributed by atoms with Crippen LogP contribution in [-0.4, -0.2) is 42.0 Å². The fourth-order valence-corrected chi connectivity index (χ4v) is 3.42. The van der Waals surface area contributed by atoms with Gasteiger partial charge in [0.15, 0.2) is 17.3 Å². The quantitative estimate of drug-likeness (QED) is 0.499. The minimum Gasteiger partial charge on any atom is -0.507 e. The Labute approximate surface area is 159 Å². The smallest absolute Gasteiger partial charge is 0.315 e. The van der Waals surface area contributed by atoms with Gasteiger partial charge >= 0.3 is 6.01 Å². The molecule has 1 aliphatic rings. The van der Waals surface area contributed by atoms with Crippen LogP contribution in [0.1, 0.15) is 18.2 Å². The second kappa shape index (κ2) is 6.15. The Hall–Kier alpha value is -3.75. The molecular weight excluding hydrogens is 362 g/mol. The summed E-state index contributed by atoms with van der Waals surface area (Å²) in [5.74, 6) is 1.73. The molecule has 1 aliphatic heterocycles. The SMILES string of the molecule is CCc1n[nH]c2cc(O)c(-c3nnc(O)n3Cc3ccc4c(c3)OCO4)cc12. The summed E-state index contributed by atoms with van der Waals surface area (Å²) >= 11 is 0. The van der Waals surface area contributed by atoms with E-state index in [9.17, 15) is 10.2 Å². The minimum absolute atomic E-state index is 0.0261. The topological polar surface area (TPSA) is 118 Å². The molecule has 0 saturated heterocycles. The normalized spacial score (nSPS) is 12.8. The van der Waals surface area contributed by atoms with E-state index in [2.05, 4.69) is 20.4 Å². The van der Waals surface area contributed by atoms with Crippen molar-refractivity contribution in [3.8, 4) is 34.6 Å². The third-order valence-electron chi connectivity index (χ3n) is 4.84. The van der Waals surface area contributed by atoms with E-state index < -0.39 is 0 Å². The Balaban J connectivity index is 1.59. The number of aryl methyl sites for hydroxylation is 1. The number of rotatable bonds is 4. The molecule has 4 aromatic rings. The lowest BCUT2D eigenvalue weighted by molar-refractivity contribution is 0.174. The molecule has 0 radical (unpaired) electrons. The number of benzene rings is 2. The van der Waals surface area contributed by atoms with E-state index in [1.165, 1.54) is 4.57 Å². The molecule has 5 rings (SSSR count). The number of phenols is 1. The zero-order valence-electron chi connectivity index (χ0n) is 15.0. The van der Waals surface area contributed by atoms with Crippen LogP contribution in [0, 0.1) is 0 Å². The van der Waals surface area contributed by atoms with Crippen LogP contribution < -0.4 is 9.47 Å².